The molecule has 1 unspecified atom stereocenters. The molecule has 0 bridgehead atoms. The topological polar surface area (TPSA) is 71.5 Å². The molecule has 0 amide bonds. The molecule has 194 valence electrons. The smallest absolute Gasteiger partial charge is 0.234 e. The molecular formula is C29H35N5O2S. The number of hydrogen-bond donors (Lipinski definition) is 2. The summed E-state index contributed by atoms with van der Waals surface area (Å²) < 4.78 is 11.8. The van der Waals surface area contributed by atoms with Crippen LogP contribution >= 0.6 is 12.2 Å². The molecule has 5 rings (SSSR count). The van der Waals surface area contributed by atoms with Gasteiger partial charge in [-0.05, 0) is 61.5 Å². The molecule has 2 fully saturated rings. The predicted molar refractivity (Wildman–Crippen MR) is 152 cm³/mol. The number of hydrogen-bond acceptors (Lipinski definition) is 6. The summed E-state index contributed by atoms with van der Waals surface area (Å²) in [6.45, 7) is 6.42. The number of ether oxygens (including phenoxy) is 2. The molecule has 8 heteroatoms. The molecule has 37 heavy (non-hydrogen) atoms. The van der Waals surface area contributed by atoms with E-state index >= 15 is 0 Å². The van der Waals surface area contributed by atoms with Crippen molar-refractivity contribution < 1.29 is 9.47 Å². The Hall–Kier alpha value is -3.23. The average Bonchev–Trinajstić information content (AvgIpc) is 2.93. The van der Waals surface area contributed by atoms with Gasteiger partial charge in [-0.25, -0.2) is 0 Å². The third-order valence-electron chi connectivity index (χ3n) is 7.28. The first-order chi connectivity index (χ1) is 18.1. The van der Waals surface area contributed by atoms with Crippen LogP contribution in [0.25, 0.3) is 0 Å². The highest BCUT2D eigenvalue weighted by Crippen LogP contribution is 2.34. The largest absolute Gasteiger partial charge is 0.439 e. The van der Waals surface area contributed by atoms with E-state index in [9.17, 15) is 0 Å². The summed E-state index contributed by atoms with van der Waals surface area (Å²) in [4.78, 5) is 11.8. The second kappa shape index (κ2) is 11.9. The third kappa shape index (κ3) is 6.56. The molecule has 0 aliphatic carbocycles. The lowest BCUT2D eigenvalue weighted by Gasteiger charge is -2.38. The molecule has 2 N–H and O–H groups in total. The van der Waals surface area contributed by atoms with Gasteiger partial charge in [0.15, 0.2) is 5.11 Å². The minimum Gasteiger partial charge on any atom is -0.439 e. The average molecular weight is 518 g/mol. The normalized spacial score (nSPS) is 19.2. The van der Waals surface area contributed by atoms with Crippen LogP contribution in [0.4, 0.5) is 11.8 Å². The maximum Gasteiger partial charge on any atom is 0.234 e. The van der Waals surface area contributed by atoms with Crippen molar-refractivity contribution in [3.63, 3.8) is 0 Å². The van der Waals surface area contributed by atoms with Gasteiger partial charge < -0.3 is 25.0 Å². The molecule has 0 spiro atoms. The van der Waals surface area contributed by atoms with Gasteiger partial charge in [-0.2, -0.15) is 9.97 Å². The Labute approximate surface area is 224 Å². The van der Waals surface area contributed by atoms with Crippen LogP contribution in [0.1, 0.15) is 38.2 Å². The molecule has 1 aromatic heterocycles. The van der Waals surface area contributed by atoms with Crippen LogP contribution in [-0.2, 0) is 10.2 Å². The number of piperidine rings is 1. The van der Waals surface area contributed by atoms with Gasteiger partial charge in [-0.3, -0.25) is 0 Å². The minimum atomic E-state index is -0.0283. The molecule has 7 nitrogen and oxygen atoms in total. The van der Waals surface area contributed by atoms with Gasteiger partial charge in [0, 0.05) is 44.3 Å². The molecule has 2 aromatic carbocycles. The van der Waals surface area contributed by atoms with Crippen LogP contribution < -0.4 is 20.3 Å². The third-order valence-corrected chi connectivity index (χ3v) is 7.53. The first-order valence-corrected chi connectivity index (χ1v) is 13.6. The highest BCUT2D eigenvalue weighted by Gasteiger charge is 2.34. The second-order valence-electron chi connectivity index (χ2n) is 10.1. The fraction of sp³-hybridized carbons (Fsp3) is 0.414. The summed E-state index contributed by atoms with van der Waals surface area (Å²) in [5.74, 6) is 3.12. The Kier molecular flexibility index (Phi) is 8.16. The van der Waals surface area contributed by atoms with E-state index in [1.54, 1.807) is 0 Å². The molecular weight excluding hydrogens is 482 g/mol. The quantitative estimate of drug-likeness (QED) is 0.396. The van der Waals surface area contributed by atoms with Gasteiger partial charge in [0.1, 0.15) is 11.6 Å². The lowest BCUT2D eigenvalue weighted by molar-refractivity contribution is 0.0515. The maximum atomic E-state index is 6.09. The molecule has 2 aliphatic heterocycles. The van der Waals surface area contributed by atoms with E-state index in [1.807, 2.05) is 36.4 Å². The number of anilines is 2. The van der Waals surface area contributed by atoms with Gasteiger partial charge in [0.2, 0.25) is 11.8 Å². The standard InChI is InChI=1S/C29H35N5O2S/c1-22-9-8-16-34(20-22)25-19-26(36-24-12-6-3-7-13-24)32-27(31-25)33-28(37)30-21-29(14-17-35-18-15-29)23-10-4-2-5-11-23/h2-7,10-13,19,22H,8-9,14-18,20-21H2,1H3,(H2,30,31,32,33,37). The van der Waals surface area contributed by atoms with Gasteiger partial charge in [-0.15, -0.1) is 0 Å². The fourth-order valence-corrected chi connectivity index (χ4v) is 5.37. The zero-order chi connectivity index (χ0) is 25.5. The summed E-state index contributed by atoms with van der Waals surface area (Å²) in [6.07, 6.45) is 4.28. The van der Waals surface area contributed by atoms with E-state index in [0.29, 0.717) is 29.4 Å². The Morgan fingerprint density at radius 3 is 2.54 bits per heavy atom. The number of thiocarbonyl (C=S) groups is 1. The SMILES string of the molecule is CC1CCCN(c2cc(Oc3ccccc3)nc(NC(=S)NCC3(c4ccccc4)CCOCC3)n2)C1. The lowest BCUT2D eigenvalue weighted by atomic mass is 9.74. The summed E-state index contributed by atoms with van der Waals surface area (Å²) in [5, 5.41) is 7.17. The van der Waals surface area contributed by atoms with Crippen molar-refractivity contribution in [3.05, 3.63) is 72.3 Å². The molecule has 2 saturated heterocycles. The van der Waals surface area contributed by atoms with E-state index < -0.39 is 0 Å². The van der Waals surface area contributed by atoms with Crippen LogP contribution in [0.3, 0.4) is 0 Å². The molecule has 0 radical (unpaired) electrons. The van der Waals surface area contributed by atoms with E-state index in [4.69, 9.17) is 26.7 Å². The van der Waals surface area contributed by atoms with Crippen molar-refractivity contribution >= 4 is 29.1 Å². The van der Waals surface area contributed by atoms with E-state index in [1.165, 1.54) is 12.0 Å². The van der Waals surface area contributed by atoms with E-state index in [2.05, 4.69) is 57.8 Å². The zero-order valence-electron chi connectivity index (χ0n) is 21.4. The summed E-state index contributed by atoms with van der Waals surface area (Å²) in [6, 6.07) is 22.2. The second-order valence-corrected chi connectivity index (χ2v) is 10.5. The van der Waals surface area contributed by atoms with Crippen molar-refractivity contribution in [2.24, 2.45) is 5.92 Å². The summed E-state index contributed by atoms with van der Waals surface area (Å²) in [5.41, 5.74) is 1.28. The van der Waals surface area contributed by atoms with Crippen molar-refractivity contribution in [2.75, 3.05) is 43.1 Å². The Morgan fingerprint density at radius 2 is 1.81 bits per heavy atom. The number of aromatic nitrogens is 2. The van der Waals surface area contributed by atoms with Gasteiger partial charge >= 0.3 is 0 Å². The Bertz CT molecular complexity index is 1170. The van der Waals surface area contributed by atoms with Crippen LogP contribution in [0.5, 0.6) is 11.6 Å². The Morgan fingerprint density at radius 1 is 1.08 bits per heavy atom. The molecule has 3 heterocycles. The highest BCUT2D eigenvalue weighted by atomic mass is 32.1. The molecule has 0 saturated carbocycles. The van der Waals surface area contributed by atoms with Crippen LogP contribution in [0, 0.1) is 5.92 Å². The van der Waals surface area contributed by atoms with E-state index in [0.717, 1.165) is 57.1 Å². The predicted octanol–water partition coefficient (Wildman–Crippen LogP) is 5.54. The number of benzene rings is 2. The summed E-state index contributed by atoms with van der Waals surface area (Å²) >= 11 is 5.71. The van der Waals surface area contributed by atoms with Crippen LogP contribution in [-0.4, -0.2) is 47.9 Å². The van der Waals surface area contributed by atoms with Gasteiger partial charge in [-0.1, -0.05) is 55.5 Å². The first kappa shape index (κ1) is 25.4. The van der Waals surface area contributed by atoms with Gasteiger partial charge in [0.25, 0.3) is 0 Å². The Balaban J connectivity index is 1.33. The number of nitrogens with zero attached hydrogens (tertiary/aromatic N) is 3. The lowest BCUT2D eigenvalue weighted by Crippen LogP contribution is -2.45. The van der Waals surface area contributed by atoms with Crippen molar-refractivity contribution in [1.29, 1.82) is 0 Å². The first-order valence-electron chi connectivity index (χ1n) is 13.1. The number of para-hydroxylation sites is 1. The van der Waals surface area contributed by atoms with Crippen LogP contribution in [0.15, 0.2) is 66.7 Å². The highest BCUT2D eigenvalue weighted by molar-refractivity contribution is 7.80. The zero-order valence-corrected chi connectivity index (χ0v) is 22.2. The van der Waals surface area contributed by atoms with Crippen LogP contribution in [0.2, 0.25) is 0 Å². The van der Waals surface area contributed by atoms with Crippen molar-refractivity contribution in [2.45, 2.75) is 38.0 Å². The molecule has 2 aliphatic rings. The summed E-state index contributed by atoms with van der Waals surface area (Å²) in [7, 11) is 0. The van der Waals surface area contributed by atoms with E-state index in [-0.39, 0.29) is 5.41 Å². The molecule has 1 atom stereocenters. The number of nitrogens with one attached hydrogen (secondary N) is 2. The van der Waals surface area contributed by atoms with Gasteiger partial charge in [0.05, 0.1) is 0 Å². The maximum absolute atomic E-state index is 6.09. The van der Waals surface area contributed by atoms with Crippen molar-refractivity contribution in [1.82, 2.24) is 15.3 Å². The number of rotatable bonds is 7. The monoisotopic (exact) mass is 517 g/mol. The fourth-order valence-electron chi connectivity index (χ4n) is 5.21. The minimum absolute atomic E-state index is 0.0283. The molecule has 3 aromatic rings. The van der Waals surface area contributed by atoms with Crippen molar-refractivity contribution in [3.8, 4) is 11.6 Å².